The third kappa shape index (κ3) is 4.23. The summed E-state index contributed by atoms with van der Waals surface area (Å²) in [5.41, 5.74) is 2.25. The van der Waals surface area contributed by atoms with Crippen molar-refractivity contribution in [2.75, 3.05) is 38.5 Å². The van der Waals surface area contributed by atoms with Crippen molar-refractivity contribution in [3.63, 3.8) is 0 Å². The summed E-state index contributed by atoms with van der Waals surface area (Å²) in [6, 6.07) is 3.37. The van der Waals surface area contributed by atoms with Crippen molar-refractivity contribution in [3.8, 4) is 0 Å². The predicted octanol–water partition coefficient (Wildman–Crippen LogP) is 2.08. The van der Waals surface area contributed by atoms with Gasteiger partial charge in [0.05, 0.1) is 30.4 Å². The maximum atomic E-state index is 14.0. The highest BCUT2D eigenvalue weighted by Crippen LogP contribution is 2.30. The van der Waals surface area contributed by atoms with Crippen LogP contribution in [0.3, 0.4) is 0 Å². The Kier molecular flexibility index (Phi) is 5.73. The molecule has 3 aliphatic rings. The number of hydrogen-bond donors (Lipinski definition) is 2. The summed E-state index contributed by atoms with van der Waals surface area (Å²) in [6.07, 6.45) is 0.509. The normalized spacial score (nSPS) is 25.2. The first kappa shape index (κ1) is 23.0. The lowest BCUT2D eigenvalue weighted by molar-refractivity contribution is -0.0787. The maximum absolute atomic E-state index is 14.0. The molecule has 0 bridgehead atoms. The van der Waals surface area contributed by atoms with E-state index in [1.807, 2.05) is 4.90 Å². The van der Waals surface area contributed by atoms with Crippen molar-refractivity contribution in [3.05, 3.63) is 46.0 Å². The number of nitrogens with zero attached hydrogens (tertiary/aromatic N) is 5. The van der Waals surface area contributed by atoms with Crippen molar-refractivity contribution in [1.82, 2.24) is 24.5 Å². The molecular weight excluding hydrogens is 470 g/mol. The summed E-state index contributed by atoms with van der Waals surface area (Å²) in [6.45, 7) is 1.66. The summed E-state index contributed by atoms with van der Waals surface area (Å²) in [5, 5.41) is 17.0. The van der Waals surface area contributed by atoms with E-state index >= 15 is 0 Å². The Hall–Kier alpha value is -2.76. The van der Waals surface area contributed by atoms with Crippen LogP contribution in [0.4, 0.5) is 19.3 Å². The second-order valence-electron chi connectivity index (χ2n) is 9.16. The fourth-order valence-corrected chi connectivity index (χ4v) is 5.09. The molecular formula is C22H25ClF2N6O3. The van der Waals surface area contributed by atoms with E-state index in [1.54, 1.807) is 21.5 Å². The van der Waals surface area contributed by atoms with E-state index in [-0.39, 0.29) is 42.5 Å². The molecule has 2 atom stereocenters. The molecule has 182 valence electrons. The number of fused-ring (bicyclic) bond motifs is 3. The van der Waals surface area contributed by atoms with Gasteiger partial charge in [0.25, 0.3) is 5.91 Å². The average molecular weight is 495 g/mol. The molecule has 12 heteroatoms. The molecule has 3 aliphatic heterocycles. The van der Waals surface area contributed by atoms with Crippen LogP contribution < -0.4 is 5.32 Å². The molecule has 1 saturated heterocycles. The molecule has 1 aromatic heterocycles. The summed E-state index contributed by atoms with van der Waals surface area (Å²) >= 11 is 5.80. The van der Waals surface area contributed by atoms with Gasteiger partial charge < -0.3 is 20.2 Å². The monoisotopic (exact) mass is 494 g/mol. The lowest BCUT2D eigenvalue weighted by atomic mass is 10.0. The minimum absolute atomic E-state index is 0.0347. The zero-order valence-electron chi connectivity index (χ0n) is 18.6. The van der Waals surface area contributed by atoms with Crippen LogP contribution in [0.2, 0.25) is 5.02 Å². The summed E-state index contributed by atoms with van der Waals surface area (Å²) in [4.78, 5) is 31.1. The molecule has 34 heavy (non-hydrogen) atoms. The summed E-state index contributed by atoms with van der Waals surface area (Å²) in [5.74, 6) is -3.00. The van der Waals surface area contributed by atoms with Crippen LogP contribution in [-0.4, -0.2) is 86.6 Å². The maximum Gasteiger partial charge on any atom is 0.322 e. The van der Waals surface area contributed by atoms with E-state index in [0.29, 0.717) is 49.5 Å². The van der Waals surface area contributed by atoms with Gasteiger partial charge in [-0.15, -0.1) is 0 Å². The smallest absolute Gasteiger partial charge is 0.322 e. The Morgan fingerprint density at radius 3 is 2.82 bits per heavy atom. The Labute approximate surface area is 199 Å². The molecule has 0 spiro atoms. The van der Waals surface area contributed by atoms with Crippen molar-refractivity contribution >= 4 is 29.2 Å². The Bertz CT molecular complexity index is 1160. The number of amides is 3. The SMILES string of the molecule is CN1CC(N2CCC(O)(F)C2)Cn2nc3c(c2C1=O)CN(C(=O)Nc1ccc(F)c(Cl)c1)CC3. The van der Waals surface area contributed by atoms with Crippen molar-refractivity contribution in [2.24, 2.45) is 0 Å². The summed E-state index contributed by atoms with van der Waals surface area (Å²) < 4.78 is 29.1. The topological polar surface area (TPSA) is 93.9 Å². The van der Waals surface area contributed by atoms with E-state index < -0.39 is 11.7 Å². The van der Waals surface area contributed by atoms with Crippen molar-refractivity contribution in [1.29, 1.82) is 0 Å². The van der Waals surface area contributed by atoms with Gasteiger partial charge in [-0.1, -0.05) is 11.6 Å². The Morgan fingerprint density at radius 1 is 1.32 bits per heavy atom. The number of β-amino-alcohol motifs (C(OH)–C–C–N with tert-alkyl or cyclic N) is 1. The van der Waals surface area contributed by atoms with Crippen molar-refractivity contribution in [2.45, 2.75) is 37.8 Å². The molecule has 3 amide bonds. The van der Waals surface area contributed by atoms with Crippen LogP contribution in [0.5, 0.6) is 0 Å². The zero-order valence-corrected chi connectivity index (χ0v) is 19.4. The van der Waals surface area contributed by atoms with Crippen LogP contribution in [0.15, 0.2) is 18.2 Å². The molecule has 4 heterocycles. The van der Waals surface area contributed by atoms with Crippen LogP contribution >= 0.6 is 11.6 Å². The number of carbonyl (C=O) groups excluding carboxylic acids is 2. The third-order valence-corrected chi connectivity index (χ3v) is 7.01. The number of urea groups is 1. The molecule has 2 unspecified atom stereocenters. The second kappa shape index (κ2) is 8.47. The number of rotatable bonds is 2. The number of hydrogen-bond acceptors (Lipinski definition) is 5. The molecule has 9 nitrogen and oxygen atoms in total. The average Bonchev–Trinajstić information content (AvgIpc) is 3.30. The number of halogens is 3. The van der Waals surface area contributed by atoms with Gasteiger partial charge in [-0.05, 0) is 18.2 Å². The third-order valence-electron chi connectivity index (χ3n) is 6.72. The van der Waals surface area contributed by atoms with Crippen LogP contribution in [-0.2, 0) is 19.5 Å². The van der Waals surface area contributed by atoms with Gasteiger partial charge in [0.1, 0.15) is 11.5 Å². The van der Waals surface area contributed by atoms with Gasteiger partial charge in [0.15, 0.2) is 0 Å². The van der Waals surface area contributed by atoms with Gasteiger partial charge in [-0.25, -0.2) is 13.6 Å². The van der Waals surface area contributed by atoms with Crippen molar-refractivity contribution < 1.29 is 23.5 Å². The molecule has 1 fully saturated rings. The van der Waals surface area contributed by atoms with Gasteiger partial charge in [-0.2, -0.15) is 5.10 Å². The summed E-state index contributed by atoms with van der Waals surface area (Å²) in [7, 11) is 1.69. The molecule has 0 radical (unpaired) electrons. The lowest BCUT2D eigenvalue weighted by Gasteiger charge is -2.29. The highest BCUT2D eigenvalue weighted by molar-refractivity contribution is 6.31. The number of nitrogens with one attached hydrogen (secondary N) is 1. The number of anilines is 1. The van der Waals surface area contributed by atoms with Gasteiger partial charge >= 0.3 is 6.03 Å². The minimum atomic E-state index is -2.22. The number of benzene rings is 1. The van der Waals surface area contributed by atoms with E-state index in [2.05, 4.69) is 10.4 Å². The number of likely N-dealkylation sites (N-methyl/N-ethyl adjacent to an activating group) is 1. The second-order valence-corrected chi connectivity index (χ2v) is 9.57. The van der Waals surface area contributed by atoms with Gasteiger partial charge in [-0.3, -0.25) is 14.4 Å². The molecule has 0 aliphatic carbocycles. The zero-order chi connectivity index (χ0) is 24.2. The first-order valence-corrected chi connectivity index (χ1v) is 11.5. The molecule has 1 aromatic carbocycles. The number of carbonyl (C=O) groups is 2. The van der Waals surface area contributed by atoms with E-state index in [4.69, 9.17) is 11.6 Å². The number of alkyl halides is 1. The largest absolute Gasteiger partial charge is 0.361 e. The fourth-order valence-electron chi connectivity index (χ4n) is 4.91. The number of aromatic nitrogens is 2. The standard InChI is InChI=1S/C22H25ClF2N6O3/c1-28-9-14(30-7-5-22(25,34)12-30)10-31-19(20(28)32)15-11-29(6-4-18(15)27-31)21(33)26-13-2-3-17(24)16(23)8-13/h2-3,8,14,34H,4-7,9-12H2,1H3,(H,26,33). The fraction of sp³-hybridized carbons (Fsp3) is 0.500. The van der Waals surface area contributed by atoms with Crippen LogP contribution in [0.25, 0.3) is 0 Å². The lowest BCUT2D eigenvalue weighted by Crippen LogP contribution is -2.45. The first-order chi connectivity index (χ1) is 16.1. The Balaban J connectivity index is 1.36. The predicted molar refractivity (Wildman–Crippen MR) is 120 cm³/mol. The molecule has 2 N–H and O–H groups in total. The first-order valence-electron chi connectivity index (χ1n) is 11.1. The molecule has 5 rings (SSSR count). The van der Waals surface area contributed by atoms with Gasteiger partial charge in [0.2, 0.25) is 5.85 Å². The Morgan fingerprint density at radius 2 is 2.12 bits per heavy atom. The van der Waals surface area contributed by atoms with E-state index in [1.165, 1.54) is 18.2 Å². The highest BCUT2D eigenvalue weighted by atomic mass is 35.5. The molecule has 2 aromatic rings. The van der Waals surface area contributed by atoms with Crippen LogP contribution in [0.1, 0.15) is 28.2 Å². The highest BCUT2D eigenvalue weighted by Gasteiger charge is 2.42. The number of aliphatic hydroxyl groups is 1. The quantitative estimate of drug-likeness (QED) is 0.667. The minimum Gasteiger partial charge on any atom is -0.361 e. The molecule has 0 saturated carbocycles. The van der Waals surface area contributed by atoms with E-state index in [0.717, 1.165) is 5.69 Å². The van der Waals surface area contributed by atoms with E-state index in [9.17, 15) is 23.5 Å². The number of likely N-dealkylation sites (tertiary alicyclic amines) is 1. The van der Waals surface area contributed by atoms with Crippen LogP contribution in [0, 0.1) is 5.82 Å². The van der Waals surface area contributed by atoms with Gasteiger partial charge in [0, 0.05) is 56.8 Å².